The van der Waals surface area contributed by atoms with Crippen molar-refractivity contribution in [2.75, 3.05) is 141 Å². The van der Waals surface area contributed by atoms with E-state index in [1.165, 1.54) is 0 Å². The Morgan fingerprint density at radius 2 is 1.12 bits per heavy atom. The number of anilines is 2. The summed E-state index contributed by atoms with van der Waals surface area (Å²) >= 11 is 17.7. The van der Waals surface area contributed by atoms with E-state index in [1.54, 1.807) is 19.1 Å². The molecule has 0 aliphatic carbocycles. The van der Waals surface area contributed by atoms with Crippen LogP contribution in [0.5, 0.6) is 11.5 Å². The molecule has 4 heterocycles. The normalized spacial score (nSPS) is 18.5. The number of amides is 2. The van der Waals surface area contributed by atoms with Crippen LogP contribution >= 0.6 is 34.8 Å². The molecule has 2 amide bonds. The SMILES string of the molecule is C1COCCN1.COc1cc(N2CCN(C(=O)CCl)CC2)ccc1Cl.COc1cc(N2CCN(C(=O)CN3CCOCC3)CC2)ccc1Cl. The highest BCUT2D eigenvalue weighted by molar-refractivity contribution is 6.32. The second-order valence-corrected chi connectivity index (χ2v) is 12.8. The van der Waals surface area contributed by atoms with Crippen molar-refractivity contribution in [2.24, 2.45) is 0 Å². The molecular formula is C34H49Cl3N6O6. The lowest BCUT2D eigenvalue weighted by Crippen LogP contribution is -2.52. The largest absolute Gasteiger partial charge is 0.495 e. The third kappa shape index (κ3) is 12.2. The predicted molar refractivity (Wildman–Crippen MR) is 195 cm³/mol. The first kappa shape index (κ1) is 39.1. The molecule has 2 aromatic carbocycles. The van der Waals surface area contributed by atoms with Crippen molar-refractivity contribution >= 4 is 58.0 Å². The van der Waals surface area contributed by atoms with Crippen molar-refractivity contribution in [3.8, 4) is 11.5 Å². The van der Waals surface area contributed by atoms with E-state index in [0.717, 1.165) is 103 Å². The fourth-order valence-electron chi connectivity index (χ4n) is 5.77. The van der Waals surface area contributed by atoms with Crippen LogP contribution < -0.4 is 24.6 Å². The highest BCUT2D eigenvalue weighted by atomic mass is 35.5. The number of methoxy groups -OCH3 is 2. The van der Waals surface area contributed by atoms with Gasteiger partial charge in [0.25, 0.3) is 0 Å². The van der Waals surface area contributed by atoms with Crippen LogP contribution in [-0.2, 0) is 19.1 Å². The summed E-state index contributed by atoms with van der Waals surface area (Å²) in [6.07, 6.45) is 0. The number of hydrogen-bond acceptors (Lipinski definition) is 10. The molecule has 1 N–H and O–H groups in total. The summed E-state index contributed by atoms with van der Waals surface area (Å²) in [4.78, 5) is 34.3. The lowest BCUT2D eigenvalue weighted by molar-refractivity contribution is -0.133. The highest BCUT2D eigenvalue weighted by Crippen LogP contribution is 2.31. The fraction of sp³-hybridized carbons (Fsp3) is 0.588. The van der Waals surface area contributed by atoms with Gasteiger partial charge in [0.05, 0.1) is 57.2 Å². The average molecular weight is 744 g/mol. The molecule has 0 saturated carbocycles. The number of morpholine rings is 2. The van der Waals surface area contributed by atoms with Crippen LogP contribution in [0.25, 0.3) is 0 Å². The van der Waals surface area contributed by atoms with E-state index in [2.05, 4.69) is 20.0 Å². The summed E-state index contributed by atoms with van der Waals surface area (Å²) in [6, 6.07) is 11.5. The molecule has 0 spiro atoms. The lowest BCUT2D eigenvalue weighted by Gasteiger charge is -2.37. The molecule has 4 saturated heterocycles. The number of nitrogens with one attached hydrogen (secondary N) is 1. The quantitative estimate of drug-likeness (QED) is 0.426. The van der Waals surface area contributed by atoms with E-state index < -0.39 is 0 Å². The van der Waals surface area contributed by atoms with Gasteiger partial charge in [-0.2, -0.15) is 0 Å². The maximum Gasteiger partial charge on any atom is 0.237 e. The minimum atomic E-state index is -0.00463. The molecule has 15 heteroatoms. The monoisotopic (exact) mass is 742 g/mol. The van der Waals surface area contributed by atoms with E-state index in [0.29, 0.717) is 41.2 Å². The van der Waals surface area contributed by atoms with Gasteiger partial charge in [-0.05, 0) is 24.3 Å². The van der Waals surface area contributed by atoms with Crippen molar-refractivity contribution in [1.29, 1.82) is 0 Å². The summed E-state index contributed by atoms with van der Waals surface area (Å²) in [6.45, 7) is 13.5. The third-order valence-corrected chi connectivity index (χ3v) is 9.54. The number of halogens is 3. The van der Waals surface area contributed by atoms with E-state index in [1.807, 2.05) is 41.3 Å². The van der Waals surface area contributed by atoms with Gasteiger partial charge in [-0.25, -0.2) is 0 Å². The van der Waals surface area contributed by atoms with Gasteiger partial charge in [0.15, 0.2) is 0 Å². The van der Waals surface area contributed by atoms with Gasteiger partial charge >= 0.3 is 0 Å². The minimum Gasteiger partial charge on any atom is -0.495 e. The maximum absolute atomic E-state index is 12.4. The topological polar surface area (TPSA) is 99.3 Å². The molecular weight excluding hydrogens is 695 g/mol. The van der Waals surface area contributed by atoms with Gasteiger partial charge in [-0.1, -0.05) is 23.2 Å². The smallest absolute Gasteiger partial charge is 0.237 e. The molecule has 0 radical (unpaired) electrons. The van der Waals surface area contributed by atoms with Crippen molar-refractivity contribution in [2.45, 2.75) is 0 Å². The molecule has 0 bridgehead atoms. The van der Waals surface area contributed by atoms with Gasteiger partial charge in [-0.3, -0.25) is 14.5 Å². The number of piperazine rings is 2. The van der Waals surface area contributed by atoms with Crippen LogP contribution in [-0.4, -0.2) is 158 Å². The number of carbonyl (C=O) groups excluding carboxylic acids is 2. The molecule has 4 aliphatic rings. The molecule has 0 atom stereocenters. The zero-order valence-electron chi connectivity index (χ0n) is 28.5. The van der Waals surface area contributed by atoms with Gasteiger partial charge in [0.2, 0.25) is 11.8 Å². The van der Waals surface area contributed by atoms with E-state index in [4.69, 9.17) is 53.8 Å². The fourth-order valence-corrected chi connectivity index (χ4v) is 6.33. The Kier molecular flexibility index (Phi) is 16.6. The predicted octanol–water partition coefficient (Wildman–Crippen LogP) is 3.17. The number of rotatable bonds is 7. The van der Waals surface area contributed by atoms with Crippen molar-refractivity contribution in [1.82, 2.24) is 20.0 Å². The number of hydrogen-bond donors (Lipinski definition) is 1. The molecule has 4 fully saturated rings. The zero-order valence-corrected chi connectivity index (χ0v) is 30.8. The number of carbonyl (C=O) groups is 2. The second kappa shape index (κ2) is 20.8. The standard InChI is InChI=1S/C17H24ClN3O3.C13H16Cl2N2O2.C4H9NO/c1-23-16-12-14(2-3-15(16)18)20-4-6-21(7-5-20)17(22)13-19-8-10-24-11-9-19;1-19-12-8-10(2-3-11(12)15)16-4-6-17(7-5-16)13(18)9-14;1-3-6-4-2-5-1/h2-3,12H,4-11,13H2,1H3;2-3,8H,4-7,9H2,1H3;5H,1-4H2. The molecule has 12 nitrogen and oxygen atoms in total. The number of nitrogens with zero attached hydrogens (tertiary/aromatic N) is 5. The van der Waals surface area contributed by atoms with Crippen LogP contribution in [0.1, 0.15) is 0 Å². The molecule has 6 rings (SSSR count). The highest BCUT2D eigenvalue weighted by Gasteiger charge is 2.24. The summed E-state index contributed by atoms with van der Waals surface area (Å²) in [7, 11) is 3.22. The number of ether oxygens (including phenoxy) is 4. The number of alkyl halides is 1. The van der Waals surface area contributed by atoms with Crippen LogP contribution in [0.4, 0.5) is 11.4 Å². The van der Waals surface area contributed by atoms with Gasteiger partial charge in [0.1, 0.15) is 17.4 Å². The zero-order chi connectivity index (χ0) is 35.0. The van der Waals surface area contributed by atoms with E-state index >= 15 is 0 Å². The molecule has 49 heavy (non-hydrogen) atoms. The Morgan fingerprint density at radius 1 is 0.673 bits per heavy atom. The van der Waals surface area contributed by atoms with Crippen LogP contribution in [0, 0.1) is 0 Å². The molecule has 2 aromatic rings. The van der Waals surface area contributed by atoms with Crippen LogP contribution in [0.15, 0.2) is 36.4 Å². The maximum atomic E-state index is 12.4. The summed E-state index contributed by atoms with van der Waals surface area (Å²) in [5.41, 5.74) is 2.13. The third-order valence-electron chi connectivity index (χ3n) is 8.69. The summed E-state index contributed by atoms with van der Waals surface area (Å²) in [5.74, 6) is 1.60. The Balaban J connectivity index is 0.000000192. The van der Waals surface area contributed by atoms with Crippen molar-refractivity contribution in [3.05, 3.63) is 46.4 Å². The van der Waals surface area contributed by atoms with E-state index in [-0.39, 0.29) is 17.7 Å². The van der Waals surface area contributed by atoms with Gasteiger partial charge in [0, 0.05) is 102 Å². The Labute approximate surface area is 305 Å². The Hall–Kier alpha value is -2.71. The molecule has 4 aliphatic heterocycles. The minimum absolute atomic E-state index is 0.00463. The molecule has 272 valence electrons. The molecule has 0 unspecified atom stereocenters. The summed E-state index contributed by atoms with van der Waals surface area (Å²) < 4.78 is 20.8. The average Bonchev–Trinajstić information content (AvgIpc) is 3.16. The van der Waals surface area contributed by atoms with Gasteiger partial charge < -0.3 is 43.9 Å². The van der Waals surface area contributed by atoms with Gasteiger partial charge in [-0.15, -0.1) is 11.6 Å². The first-order valence-electron chi connectivity index (χ1n) is 16.7. The van der Waals surface area contributed by atoms with Crippen molar-refractivity contribution < 1.29 is 28.5 Å². The first-order chi connectivity index (χ1) is 23.8. The first-order valence-corrected chi connectivity index (χ1v) is 18.0. The molecule has 0 aromatic heterocycles. The van der Waals surface area contributed by atoms with E-state index in [9.17, 15) is 9.59 Å². The Bertz CT molecular complexity index is 1310. The second-order valence-electron chi connectivity index (χ2n) is 11.8. The van der Waals surface area contributed by atoms with Crippen LogP contribution in [0.2, 0.25) is 10.0 Å². The van der Waals surface area contributed by atoms with Crippen LogP contribution in [0.3, 0.4) is 0 Å². The van der Waals surface area contributed by atoms with Crippen molar-refractivity contribution in [3.63, 3.8) is 0 Å². The summed E-state index contributed by atoms with van der Waals surface area (Å²) in [5, 5.41) is 4.37. The lowest BCUT2D eigenvalue weighted by atomic mass is 10.2. The Morgan fingerprint density at radius 3 is 1.51 bits per heavy atom. The number of benzene rings is 2.